The molecule has 0 aromatic heterocycles. The number of carboxylic acid groups (broad SMARTS) is 1. The van der Waals surface area contributed by atoms with Crippen LogP contribution in [0.4, 0.5) is 0 Å². The molecule has 4 nitrogen and oxygen atoms in total. The minimum absolute atomic E-state index is 0.475. The van der Waals surface area contributed by atoms with Crippen molar-refractivity contribution in [3.8, 4) is 0 Å². The molecule has 0 aromatic carbocycles. The fourth-order valence-electron chi connectivity index (χ4n) is 0.376. The molecular formula is C6H11NO3. The third kappa shape index (κ3) is 5.27. The van der Waals surface area contributed by atoms with Gasteiger partial charge in [0.15, 0.2) is 0 Å². The van der Waals surface area contributed by atoms with Crippen molar-refractivity contribution in [2.45, 2.75) is 0 Å². The van der Waals surface area contributed by atoms with Crippen LogP contribution in [-0.4, -0.2) is 36.8 Å². The van der Waals surface area contributed by atoms with Gasteiger partial charge in [-0.15, -0.1) is 0 Å². The van der Waals surface area contributed by atoms with Crippen LogP contribution < -0.4 is 0 Å². The summed E-state index contributed by atoms with van der Waals surface area (Å²) < 4.78 is 0. The minimum atomic E-state index is -0.940. The molecular weight excluding hydrogens is 134 g/mol. The fraction of sp³-hybridized carbons (Fsp3) is 0.500. The van der Waals surface area contributed by atoms with E-state index in [1.807, 2.05) is 0 Å². The molecule has 0 aliphatic rings. The Balaban J connectivity index is 3.43. The number of hydrogen-bond donors (Lipinski definition) is 1. The lowest BCUT2D eigenvalue weighted by atomic mass is 10.5. The largest absolute Gasteiger partial charge is 0.478 e. The van der Waals surface area contributed by atoms with Crippen molar-refractivity contribution in [2.75, 3.05) is 20.7 Å². The zero-order valence-electron chi connectivity index (χ0n) is 6.07. The van der Waals surface area contributed by atoms with Crippen molar-refractivity contribution >= 4 is 5.97 Å². The van der Waals surface area contributed by atoms with Crippen LogP contribution in [-0.2, 0) is 9.63 Å². The lowest BCUT2D eigenvalue weighted by Gasteiger charge is -2.08. The van der Waals surface area contributed by atoms with Crippen molar-refractivity contribution in [3.63, 3.8) is 0 Å². The van der Waals surface area contributed by atoms with Gasteiger partial charge in [0.2, 0.25) is 0 Å². The Labute approximate surface area is 59.7 Å². The second-order valence-electron chi connectivity index (χ2n) is 1.73. The molecule has 0 atom stereocenters. The second-order valence-corrected chi connectivity index (χ2v) is 1.73. The SMILES string of the molecule is CON(C)C/C=C/C(=O)O. The number of carboxylic acids is 1. The summed E-state index contributed by atoms with van der Waals surface area (Å²) in [6.45, 7) is 0.475. The van der Waals surface area contributed by atoms with Gasteiger partial charge in [0.1, 0.15) is 0 Å². The predicted molar refractivity (Wildman–Crippen MR) is 36.4 cm³/mol. The van der Waals surface area contributed by atoms with Crippen LogP contribution in [0.3, 0.4) is 0 Å². The van der Waals surface area contributed by atoms with Crippen LogP contribution in [0.5, 0.6) is 0 Å². The van der Waals surface area contributed by atoms with Gasteiger partial charge in [-0.25, -0.2) is 4.79 Å². The summed E-state index contributed by atoms with van der Waals surface area (Å²) >= 11 is 0. The Hall–Kier alpha value is -0.870. The van der Waals surface area contributed by atoms with Gasteiger partial charge in [0.05, 0.1) is 7.11 Å². The Morgan fingerprint density at radius 2 is 2.40 bits per heavy atom. The standard InChI is InChI=1S/C6H11NO3/c1-7(10-2)5-3-4-6(8)9/h3-4H,5H2,1-2H3,(H,8,9)/b4-3+. The van der Waals surface area contributed by atoms with Gasteiger partial charge in [-0.2, -0.15) is 5.06 Å². The molecule has 10 heavy (non-hydrogen) atoms. The molecule has 0 amide bonds. The molecule has 58 valence electrons. The van der Waals surface area contributed by atoms with E-state index in [1.165, 1.54) is 18.2 Å². The van der Waals surface area contributed by atoms with Gasteiger partial charge in [-0.1, -0.05) is 6.08 Å². The van der Waals surface area contributed by atoms with E-state index in [-0.39, 0.29) is 0 Å². The number of hydrogen-bond acceptors (Lipinski definition) is 3. The highest BCUT2D eigenvalue weighted by atomic mass is 16.7. The quantitative estimate of drug-likeness (QED) is 0.451. The summed E-state index contributed by atoms with van der Waals surface area (Å²) in [7, 11) is 3.24. The summed E-state index contributed by atoms with van der Waals surface area (Å²) in [5.41, 5.74) is 0. The molecule has 0 spiro atoms. The average Bonchev–Trinajstić information content (AvgIpc) is 1.87. The molecule has 0 aromatic rings. The maximum absolute atomic E-state index is 9.92. The normalized spacial score (nSPS) is 11.1. The first kappa shape index (κ1) is 9.13. The summed E-state index contributed by atoms with van der Waals surface area (Å²) in [6.07, 6.45) is 2.58. The zero-order valence-corrected chi connectivity index (χ0v) is 6.07. The maximum atomic E-state index is 9.92. The van der Waals surface area contributed by atoms with Crippen LogP contribution in [0.15, 0.2) is 12.2 Å². The van der Waals surface area contributed by atoms with E-state index >= 15 is 0 Å². The van der Waals surface area contributed by atoms with E-state index in [0.717, 1.165) is 6.08 Å². The molecule has 0 saturated carbocycles. The molecule has 0 aliphatic carbocycles. The lowest BCUT2D eigenvalue weighted by molar-refractivity contribution is -0.131. The average molecular weight is 145 g/mol. The van der Waals surface area contributed by atoms with Crippen LogP contribution in [0.1, 0.15) is 0 Å². The van der Waals surface area contributed by atoms with E-state index in [9.17, 15) is 4.79 Å². The van der Waals surface area contributed by atoms with Gasteiger partial charge >= 0.3 is 5.97 Å². The van der Waals surface area contributed by atoms with Crippen LogP contribution in [0.25, 0.3) is 0 Å². The number of nitrogens with zero attached hydrogens (tertiary/aromatic N) is 1. The van der Waals surface area contributed by atoms with Gasteiger partial charge in [-0.05, 0) is 0 Å². The molecule has 0 fully saturated rings. The van der Waals surface area contributed by atoms with Crippen molar-refractivity contribution in [2.24, 2.45) is 0 Å². The first-order valence-corrected chi connectivity index (χ1v) is 2.81. The van der Waals surface area contributed by atoms with Crippen molar-refractivity contribution in [1.82, 2.24) is 5.06 Å². The van der Waals surface area contributed by atoms with Gasteiger partial charge in [0, 0.05) is 19.7 Å². The van der Waals surface area contributed by atoms with E-state index in [2.05, 4.69) is 0 Å². The van der Waals surface area contributed by atoms with E-state index in [0.29, 0.717) is 6.54 Å². The van der Waals surface area contributed by atoms with Crippen LogP contribution in [0.2, 0.25) is 0 Å². The third-order valence-electron chi connectivity index (χ3n) is 0.935. The number of likely N-dealkylation sites (N-methyl/N-ethyl adjacent to an activating group) is 1. The molecule has 0 saturated heterocycles. The first-order chi connectivity index (χ1) is 4.66. The fourth-order valence-corrected chi connectivity index (χ4v) is 0.376. The smallest absolute Gasteiger partial charge is 0.328 e. The van der Waals surface area contributed by atoms with Crippen molar-refractivity contribution in [3.05, 3.63) is 12.2 Å². The van der Waals surface area contributed by atoms with Crippen molar-refractivity contribution in [1.29, 1.82) is 0 Å². The maximum Gasteiger partial charge on any atom is 0.328 e. The monoisotopic (exact) mass is 145 g/mol. The third-order valence-corrected chi connectivity index (χ3v) is 0.935. The molecule has 0 aliphatic heterocycles. The lowest BCUT2D eigenvalue weighted by Crippen LogP contribution is -2.16. The topological polar surface area (TPSA) is 49.8 Å². The summed E-state index contributed by atoms with van der Waals surface area (Å²) in [6, 6.07) is 0. The van der Waals surface area contributed by atoms with E-state index in [1.54, 1.807) is 7.05 Å². The van der Waals surface area contributed by atoms with Gasteiger partial charge in [-0.3, -0.25) is 0 Å². The van der Waals surface area contributed by atoms with E-state index in [4.69, 9.17) is 9.94 Å². The molecule has 0 bridgehead atoms. The van der Waals surface area contributed by atoms with E-state index < -0.39 is 5.97 Å². The highest BCUT2D eigenvalue weighted by Gasteiger charge is 1.89. The van der Waals surface area contributed by atoms with Gasteiger partial charge < -0.3 is 9.94 Å². The number of carbonyl (C=O) groups is 1. The molecule has 1 N–H and O–H groups in total. The number of hydroxylamine groups is 2. The zero-order chi connectivity index (χ0) is 7.98. The Morgan fingerprint density at radius 3 is 2.80 bits per heavy atom. The molecule has 4 heteroatoms. The minimum Gasteiger partial charge on any atom is -0.478 e. The van der Waals surface area contributed by atoms with Crippen LogP contribution >= 0.6 is 0 Å². The highest BCUT2D eigenvalue weighted by Crippen LogP contribution is 1.81. The van der Waals surface area contributed by atoms with Crippen LogP contribution in [0, 0.1) is 0 Å². The first-order valence-electron chi connectivity index (χ1n) is 2.81. The summed E-state index contributed by atoms with van der Waals surface area (Å²) in [5, 5.41) is 9.67. The van der Waals surface area contributed by atoms with Gasteiger partial charge in [0.25, 0.3) is 0 Å². The molecule has 0 radical (unpaired) electrons. The number of aliphatic carboxylic acids is 1. The Kier molecular flexibility index (Phi) is 4.53. The summed E-state index contributed by atoms with van der Waals surface area (Å²) in [4.78, 5) is 14.6. The summed E-state index contributed by atoms with van der Waals surface area (Å²) in [5.74, 6) is -0.940. The predicted octanol–water partition coefficient (Wildman–Crippen LogP) is 0.120. The number of rotatable bonds is 4. The van der Waals surface area contributed by atoms with Crippen molar-refractivity contribution < 1.29 is 14.7 Å². The Morgan fingerprint density at radius 1 is 1.80 bits per heavy atom. The molecule has 0 rings (SSSR count). The second kappa shape index (κ2) is 4.96. The molecule has 0 unspecified atom stereocenters. The molecule has 0 heterocycles. The highest BCUT2D eigenvalue weighted by molar-refractivity contribution is 5.79. The Bertz CT molecular complexity index is 133.